The number of ether oxygens (including phenoxy) is 7. The Morgan fingerprint density at radius 1 is 0.654 bits per heavy atom. The number of carbonyl (C=O) groups is 7. The molecule has 52 heavy (non-hydrogen) atoms. The second kappa shape index (κ2) is 22.4. The molecule has 1 saturated carbocycles. The minimum atomic E-state index is -1.58. The van der Waals surface area contributed by atoms with E-state index in [-0.39, 0.29) is 12.6 Å². The van der Waals surface area contributed by atoms with Gasteiger partial charge in [0.2, 0.25) is 0 Å². The first-order valence-electron chi connectivity index (χ1n) is 16.0. The zero-order valence-electron chi connectivity index (χ0n) is 29.4. The molecule has 17 heteroatoms. The average molecular weight is 737 g/mol. The number of alkyl carbamates (subject to hydrolysis) is 1. The van der Waals surface area contributed by atoms with Gasteiger partial charge in [-0.25, -0.2) is 33.6 Å². The summed E-state index contributed by atoms with van der Waals surface area (Å²) in [5, 5.41) is 14.2. The van der Waals surface area contributed by atoms with Crippen LogP contribution < -0.4 is 10.6 Å². The molecule has 288 valence electrons. The Bertz CT molecular complexity index is 1260. The molecule has 0 aromatic heterocycles. The van der Waals surface area contributed by atoms with Crippen molar-refractivity contribution in [3.8, 4) is 0 Å². The zero-order valence-corrected chi connectivity index (χ0v) is 29.4. The quantitative estimate of drug-likeness (QED) is 0.0735. The highest BCUT2D eigenvalue weighted by molar-refractivity contribution is 5.83. The fraction of sp³-hybridized carbons (Fsp3) is 0.514. The van der Waals surface area contributed by atoms with E-state index in [2.05, 4.69) is 43.5 Å². The molecule has 0 heterocycles. The van der Waals surface area contributed by atoms with Gasteiger partial charge in [0.15, 0.2) is 0 Å². The van der Waals surface area contributed by atoms with Gasteiger partial charge < -0.3 is 48.9 Å². The second-order valence-corrected chi connectivity index (χ2v) is 12.5. The van der Waals surface area contributed by atoms with E-state index < -0.39 is 111 Å². The van der Waals surface area contributed by atoms with Crippen LogP contribution in [0.15, 0.2) is 63.3 Å². The maximum absolute atomic E-state index is 13.1. The van der Waals surface area contributed by atoms with Gasteiger partial charge in [0.1, 0.15) is 39.6 Å². The van der Waals surface area contributed by atoms with E-state index in [4.69, 9.17) is 38.3 Å². The van der Waals surface area contributed by atoms with Crippen LogP contribution in [0.4, 0.5) is 9.59 Å². The van der Waals surface area contributed by atoms with Crippen LogP contribution in [0.2, 0.25) is 0 Å². The fourth-order valence-electron chi connectivity index (χ4n) is 4.97. The van der Waals surface area contributed by atoms with Crippen molar-refractivity contribution in [1.29, 1.82) is 0 Å². The minimum absolute atomic E-state index is 0.188. The van der Waals surface area contributed by atoms with E-state index in [0.29, 0.717) is 19.3 Å². The Morgan fingerprint density at radius 2 is 1.02 bits per heavy atom. The smallest absolute Gasteiger partial charge is 0.407 e. The molecule has 1 fully saturated rings. The van der Waals surface area contributed by atoms with Gasteiger partial charge in [0.05, 0.1) is 24.0 Å². The maximum Gasteiger partial charge on any atom is 0.407 e. The number of hydrogen-bond acceptors (Lipinski definition) is 14. The van der Waals surface area contributed by atoms with Gasteiger partial charge in [0, 0.05) is 43.0 Å². The van der Waals surface area contributed by atoms with Crippen LogP contribution in [0.1, 0.15) is 32.6 Å². The lowest BCUT2D eigenvalue weighted by Gasteiger charge is -2.38. The summed E-state index contributed by atoms with van der Waals surface area (Å²) in [5.41, 5.74) is -3.55. The van der Waals surface area contributed by atoms with Gasteiger partial charge in [-0.2, -0.15) is 0 Å². The van der Waals surface area contributed by atoms with Gasteiger partial charge in [-0.15, -0.1) is 0 Å². The van der Waals surface area contributed by atoms with E-state index in [1.807, 2.05) is 6.92 Å². The second-order valence-electron chi connectivity index (χ2n) is 12.5. The summed E-state index contributed by atoms with van der Waals surface area (Å²) in [6.45, 7) is 14.7. The summed E-state index contributed by atoms with van der Waals surface area (Å²) < 4.78 is 37.7. The first-order chi connectivity index (χ1) is 24.6. The zero-order chi connectivity index (χ0) is 39.2. The van der Waals surface area contributed by atoms with Crippen molar-refractivity contribution < 1.29 is 71.8 Å². The molecule has 0 spiro atoms. The molecule has 2 atom stereocenters. The summed E-state index contributed by atoms with van der Waals surface area (Å²) >= 11 is 0. The van der Waals surface area contributed by atoms with Crippen LogP contribution in [-0.2, 0) is 57.1 Å². The highest BCUT2D eigenvalue weighted by Crippen LogP contribution is 2.35. The topological polar surface area (TPSA) is 228 Å². The Hall–Kier alpha value is -5.45. The highest BCUT2D eigenvalue weighted by atomic mass is 16.6. The van der Waals surface area contributed by atoms with Crippen molar-refractivity contribution in [2.75, 3.05) is 59.4 Å². The average Bonchev–Trinajstić information content (AvgIpc) is 3.13. The molecular weight excluding hydrogens is 688 g/mol. The molecule has 0 aliphatic heterocycles. The first-order valence-corrected chi connectivity index (χ1v) is 16.0. The van der Waals surface area contributed by atoms with Gasteiger partial charge in [-0.05, 0) is 24.7 Å². The Kier molecular flexibility index (Phi) is 19.2. The molecule has 0 saturated heterocycles. The molecule has 0 aromatic rings. The van der Waals surface area contributed by atoms with E-state index in [1.54, 1.807) is 0 Å². The first kappa shape index (κ1) is 44.6. The van der Waals surface area contributed by atoms with Crippen molar-refractivity contribution in [1.82, 2.24) is 10.6 Å². The third kappa shape index (κ3) is 17.0. The predicted octanol–water partition coefficient (Wildman–Crippen LogP) is 2.56. The van der Waals surface area contributed by atoms with Gasteiger partial charge in [0.25, 0.3) is 0 Å². The molecule has 2 amide bonds. The third-order valence-electron chi connectivity index (χ3n) is 7.82. The summed E-state index contributed by atoms with van der Waals surface area (Å²) in [6, 6.07) is -0.361. The third-order valence-corrected chi connectivity index (χ3v) is 7.82. The number of esters is 5. The molecule has 0 aromatic carbocycles. The maximum atomic E-state index is 13.1. The van der Waals surface area contributed by atoms with Crippen molar-refractivity contribution in [3.05, 3.63) is 63.3 Å². The monoisotopic (exact) mass is 736 g/mol. The predicted molar refractivity (Wildman–Crippen MR) is 182 cm³/mol. The molecule has 1 aliphatic rings. The molecule has 17 nitrogen and oxygen atoms in total. The SMILES string of the molecule is C=CC(=O)OCC(COCC(COC(=O)C=C)(COC(=O)C=C)COC(=O)NC1CCCC(C)(CNC(=O)O)C1)(COC(=O)C=C)COC(=O)C=C. The summed E-state index contributed by atoms with van der Waals surface area (Å²) in [5.74, 6) is -4.29. The van der Waals surface area contributed by atoms with Crippen molar-refractivity contribution in [2.24, 2.45) is 16.2 Å². The molecule has 1 rings (SSSR count). The molecule has 0 bridgehead atoms. The van der Waals surface area contributed by atoms with Crippen LogP contribution >= 0.6 is 0 Å². The largest absolute Gasteiger partial charge is 0.465 e. The molecule has 1 aliphatic carbocycles. The van der Waals surface area contributed by atoms with E-state index in [0.717, 1.165) is 36.8 Å². The minimum Gasteiger partial charge on any atom is -0.465 e. The van der Waals surface area contributed by atoms with Gasteiger partial charge >= 0.3 is 42.0 Å². The number of hydrogen-bond donors (Lipinski definition) is 3. The van der Waals surface area contributed by atoms with Crippen LogP contribution in [0.5, 0.6) is 0 Å². The number of rotatable bonds is 24. The fourth-order valence-corrected chi connectivity index (χ4v) is 4.97. The Balaban J connectivity index is 3.36. The molecular formula is C35H48N2O15. The Labute approximate surface area is 302 Å². The highest BCUT2D eigenvalue weighted by Gasteiger charge is 2.41. The van der Waals surface area contributed by atoms with Crippen LogP contribution in [-0.4, -0.2) is 113 Å². The van der Waals surface area contributed by atoms with E-state index >= 15 is 0 Å². The van der Waals surface area contributed by atoms with E-state index in [9.17, 15) is 33.6 Å². The van der Waals surface area contributed by atoms with Crippen molar-refractivity contribution in [3.63, 3.8) is 0 Å². The van der Waals surface area contributed by atoms with E-state index in [1.165, 1.54) is 0 Å². The normalized spacial score (nSPS) is 16.8. The number of carbonyl (C=O) groups excluding carboxylic acids is 6. The van der Waals surface area contributed by atoms with Crippen LogP contribution in [0.25, 0.3) is 0 Å². The Morgan fingerprint density at radius 3 is 1.37 bits per heavy atom. The lowest BCUT2D eigenvalue weighted by Crippen LogP contribution is -2.48. The van der Waals surface area contributed by atoms with Crippen LogP contribution in [0, 0.1) is 16.2 Å². The lowest BCUT2D eigenvalue weighted by molar-refractivity contribution is -0.166. The molecule has 0 radical (unpaired) electrons. The number of nitrogens with one attached hydrogen (secondary N) is 2. The molecule has 3 N–H and O–H groups in total. The standard InChI is InChI=1S/C35H48N2O15/c1-7-26(38)47-19-34(20-48-27(39)8-2,21-49-28(40)9-3)17-46-18-35(22-50-29(41)10-4,23-51-30(42)11-5)24-52-32(45)37-25-13-12-14-33(6,15-25)16-36-31(43)44/h7-11,25,36H,1-5,12-24H2,6H3,(H,37,45)(H,43,44). The van der Waals surface area contributed by atoms with Gasteiger partial charge in [-0.3, -0.25) is 0 Å². The van der Waals surface area contributed by atoms with Crippen LogP contribution in [0.3, 0.4) is 0 Å². The van der Waals surface area contributed by atoms with Crippen molar-refractivity contribution in [2.45, 2.75) is 38.6 Å². The summed E-state index contributed by atoms with van der Waals surface area (Å²) in [6.07, 6.45) is 4.89. The number of amides is 2. The summed E-state index contributed by atoms with van der Waals surface area (Å²) in [7, 11) is 0. The number of carboxylic acid groups (broad SMARTS) is 1. The summed E-state index contributed by atoms with van der Waals surface area (Å²) in [4.78, 5) is 84.4. The molecule has 2 unspecified atom stereocenters. The van der Waals surface area contributed by atoms with Crippen molar-refractivity contribution >= 4 is 42.0 Å². The lowest BCUT2D eigenvalue weighted by atomic mass is 9.73. The van der Waals surface area contributed by atoms with Gasteiger partial charge in [-0.1, -0.05) is 46.2 Å².